The third-order valence-electron chi connectivity index (χ3n) is 2.23. The fourth-order valence-electron chi connectivity index (χ4n) is 1.26. The molecule has 0 aliphatic rings. The monoisotopic (exact) mass is 225 g/mol. The van der Waals surface area contributed by atoms with Gasteiger partial charge in [0.15, 0.2) is 0 Å². The summed E-state index contributed by atoms with van der Waals surface area (Å²) in [5.41, 5.74) is 0. The van der Waals surface area contributed by atoms with Gasteiger partial charge in [0, 0.05) is 33.3 Å². The quantitative estimate of drug-likeness (QED) is 0.649. The molecule has 1 heterocycles. The second-order valence-corrected chi connectivity index (χ2v) is 3.81. The van der Waals surface area contributed by atoms with Crippen molar-refractivity contribution in [1.29, 1.82) is 0 Å². The first-order valence-electron chi connectivity index (χ1n) is 5.45. The predicted octanol–water partition coefficient (Wildman–Crippen LogP) is -0.264. The van der Waals surface area contributed by atoms with Gasteiger partial charge in [-0.15, -0.1) is 5.10 Å². The van der Waals surface area contributed by atoms with Crippen LogP contribution in [0.4, 0.5) is 0 Å². The van der Waals surface area contributed by atoms with Crippen molar-refractivity contribution in [2.24, 2.45) is 0 Å². The van der Waals surface area contributed by atoms with Gasteiger partial charge >= 0.3 is 0 Å². The molecule has 0 aliphatic heterocycles. The smallest absolute Gasteiger partial charge is 0.222 e. The summed E-state index contributed by atoms with van der Waals surface area (Å²) in [4.78, 5) is 12.9. The first-order chi connectivity index (χ1) is 7.70. The van der Waals surface area contributed by atoms with Crippen molar-refractivity contribution < 1.29 is 4.79 Å². The van der Waals surface area contributed by atoms with Gasteiger partial charge in [0.05, 0.1) is 12.7 Å². The number of amides is 1. The van der Waals surface area contributed by atoms with E-state index in [1.807, 2.05) is 6.20 Å². The molecule has 0 saturated carbocycles. The maximum Gasteiger partial charge on any atom is 0.222 e. The van der Waals surface area contributed by atoms with E-state index in [4.69, 9.17) is 0 Å². The van der Waals surface area contributed by atoms with Crippen LogP contribution in [0.15, 0.2) is 12.4 Å². The Morgan fingerprint density at radius 1 is 1.44 bits per heavy atom. The Hall–Kier alpha value is -1.43. The predicted molar refractivity (Wildman–Crippen MR) is 60.8 cm³/mol. The summed E-state index contributed by atoms with van der Waals surface area (Å²) in [5, 5.41) is 10.8. The normalized spacial score (nSPS) is 10.4. The largest absolute Gasteiger partial charge is 0.349 e. The zero-order valence-electron chi connectivity index (χ0n) is 9.89. The van der Waals surface area contributed by atoms with Crippen molar-refractivity contribution in [2.45, 2.75) is 19.4 Å². The van der Waals surface area contributed by atoms with Crippen LogP contribution >= 0.6 is 0 Å². The zero-order valence-corrected chi connectivity index (χ0v) is 9.89. The fraction of sp³-hybridized carbons (Fsp3) is 0.700. The van der Waals surface area contributed by atoms with Crippen LogP contribution in [0.1, 0.15) is 12.8 Å². The van der Waals surface area contributed by atoms with Crippen LogP contribution in [0.5, 0.6) is 0 Å². The second-order valence-electron chi connectivity index (χ2n) is 3.81. The molecule has 6 nitrogen and oxygen atoms in total. The molecule has 0 bridgehead atoms. The number of hydrogen-bond acceptors (Lipinski definition) is 4. The lowest BCUT2D eigenvalue weighted by Crippen LogP contribution is -2.25. The molecule has 0 atom stereocenters. The lowest BCUT2D eigenvalue weighted by atomic mass is 10.3. The first kappa shape index (κ1) is 12.6. The van der Waals surface area contributed by atoms with Crippen molar-refractivity contribution in [2.75, 3.05) is 27.2 Å². The number of aromatic nitrogens is 3. The third kappa shape index (κ3) is 4.88. The Morgan fingerprint density at radius 3 is 2.88 bits per heavy atom. The minimum Gasteiger partial charge on any atom is -0.349 e. The molecule has 90 valence electrons. The van der Waals surface area contributed by atoms with E-state index >= 15 is 0 Å². The molecule has 1 aromatic heterocycles. The summed E-state index contributed by atoms with van der Waals surface area (Å²) in [6, 6.07) is 0. The molecule has 1 amide bonds. The number of carbonyl (C=O) groups excluding carboxylic acids is 1. The van der Waals surface area contributed by atoms with Gasteiger partial charge < -0.3 is 10.2 Å². The molecule has 6 heteroatoms. The van der Waals surface area contributed by atoms with E-state index in [0.29, 0.717) is 6.42 Å². The standard InChI is InChI=1S/C10H19N5O/c1-14(2)10(16)4-3-5-11-6-8-15-9-7-12-13-15/h7,9,11H,3-6,8H2,1-2H3. The molecule has 0 radical (unpaired) electrons. The van der Waals surface area contributed by atoms with Crippen molar-refractivity contribution in [3.05, 3.63) is 12.4 Å². The summed E-state index contributed by atoms with van der Waals surface area (Å²) in [5.74, 6) is 0.179. The van der Waals surface area contributed by atoms with E-state index in [9.17, 15) is 4.79 Å². The molecule has 1 N–H and O–H groups in total. The van der Waals surface area contributed by atoms with Crippen molar-refractivity contribution >= 4 is 5.91 Å². The topological polar surface area (TPSA) is 63.1 Å². The molecule has 0 aromatic carbocycles. The van der Waals surface area contributed by atoms with Gasteiger partial charge in [-0.1, -0.05) is 5.21 Å². The summed E-state index contributed by atoms with van der Waals surface area (Å²) in [6.45, 7) is 2.51. The maximum absolute atomic E-state index is 11.2. The average Bonchev–Trinajstić information content (AvgIpc) is 2.75. The molecule has 0 saturated heterocycles. The van der Waals surface area contributed by atoms with Crippen molar-refractivity contribution in [3.63, 3.8) is 0 Å². The summed E-state index contributed by atoms with van der Waals surface area (Å²) in [7, 11) is 3.56. The highest BCUT2D eigenvalue weighted by Gasteiger charge is 2.02. The Morgan fingerprint density at radius 2 is 2.25 bits per heavy atom. The summed E-state index contributed by atoms with van der Waals surface area (Å²) < 4.78 is 1.78. The van der Waals surface area contributed by atoms with Gasteiger partial charge in [0.25, 0.3) is 0 Å². The van der Waals surface area contributed by atoms with E-state index in [1.165, 1.54) is 0 Å². The average molecular weight is 225 g/mol. The second kappa shape index (κ2) is 6.95. The fourth-order valence-corrected chi connectivity index (χ4v) is 1.26. The highest BCUT2D eigenvalue weighted by molar-refractivity contribution is 5.75. The van der Waals surface area contributed by atoms with Gasteiger partial charge in [0.1, 0.15) is 0 Å². The Labute approximate surface area is 95.6 Å². The molecule has 1 rings (SSSR count). The minimum absolute atomic E-state index is 0.179. The van der Waals surface area contributed by atoms with Gasteiger partial charge in [-0.05, 0) is 13.0 Å². The first-order valence-corrected chi connectivity index (χ1v) is 5.45. The van der Waals surface area contributed by atoms with Crippen molar-refractivity contribution in [3.8, 4) is 0 Å². The van der Waals surface area contributed by atoms with Crippen LogP contribution in [-0.2, 0) is 11.3 Å². The summed E-state index contributed by atoms with van der Waals surface area (Å²) in [6.07, 6.45) is 4.96. The van der Waals surface area contributed by atoms with Crippen LogP contribution in [-0.4, -0.2) is 53.0 Å². The highest BCUT2D eigenvalue weighted by atomic mass is 16.2. The van der Waals surface area contributed by atoms with E-state index in [1.54, 1.807) is 29.9 Å². The van der Waals surface area contributed by atoms with Crippen LogP contribution < -0.4 is 5.32 Å². The minimum atomic E-state index is 0.179. The SMILES string of the molecule is CN(C)C(=O)CCCNCCn1ccnn1. The lowest BCUT2D eigenvalue weighted by Gasteiger charge is -2.10. The van der Waals surface area contributed by atoms with Crippen LogP contribution in [0.25, 0.3) is 0 Å². The maximum atomic E-state index is 11.2. The van der Waals surface area contributed by atoms with Gasteiger partial charge in [-0.3, -0.25) is 9.48 Å². The van der Waals surface area contributed by atoms with Gasteiger partial charge in [-0.2, -0.15) is 0 Å². The molecule has 0 unspecified atom stereocenters. The number of nitrogens with one attached hydrogen (secondary N) is 1. The van der Waals surface area contributed by atoms with Gasteiger partial charge in [0.2, 0.25) is 5.91 Å². The molecular formula is C10H19N5O. The zero-order chi connectivity index (χ0) is 11.8. The van der Waals surface area contributed by atoms with Gasteiger partial charge in [-0.25, -0.2) is 0 Å². The molecule has 0 fully saturated rings. The number of rotatable bonds is 7. The third-order valence-corrected chi connectivity index (χ3v) is 2.23. The lowest BCUT2D eigenvalue weighted by molar-refractivity contribution is -0.128. The number of carbonyl (C=O) groups is 1. The van der Waals surface area contributed by atoms with E-state index in [0.717, 1.165) is 26.1 Å². The molecular weight excluding hydrogens is 206 g/mol. The Kier molecular flexibility index (Phi) is 5.49. The van der Waals surface area contributed by atoms with Crippen LogP contribution in [0.2, 0.25) is 0 Å². The van der Waals surface area contributed by atoms with E-state index in [2.05, 4.69) is 15.6 Å². The number of nitrogens with zero attached hydrogens (tertiary/aromatic N) is 4. The molecule has 0 aliphatic carbocycles. The molecule has 0 spiro atoms. The molecule has 1 aromatic rings. The Balaban J connectivity index is 1.94. The van der Waals surface area contributed by atoms with Crippen molar-refractivity contribution in [1.82, 2.24) is 25.2 Å². The molecule has 16 heavy (non-hydrogen) atoms. The highest BCUT2D eigenvalue weighted by Crippen LogP contribution is 1.91. The van der Waals surface area contributed by atoms with Crippen LogP contribution in [0, 0.1) is 0 Å². The summed E-state index contributed by atoms with van der Waals surface area (Å²) >= 11 is 0. The van der Waals surface area contributed by atoms with Crippen LogP contribution in [0.3, 0.4) is 0 Å². The van der Waals surface area contributed by atoms with E-state index < -0.39 is 0 Å². The number of hydrogen-bond donors (Lipinski definition) is 1. The Bertz CT molecular complexity index is 296. The van der Waals surface area contributed by atoms with E-state index in [-0.39, 0.29) is 5.91 Å².